The zero-order chi connectivity index (χ0) is 22.2. The fraction of sp³-hybridized carbons (Fsp3) is 0.259. The molecular weight excluding hydrogens is 400 g/mol. The topological polar surface area (TPSA) is 60.9 Å². The number of nitrogens with zero attached hydrogens (tertiary/aromatic N) is 2. The minimum Gasteiger partial charge on any atom is -0.394 e. The summed E-state index contributed by atoms with van der Waals surface area (Å²) in [5.74, 6) is -0.223. The zero-order valence-corrected chi connectivity index (χ0v) is 18.0. The van der Waals surface area contributed by atoms with E-state index >= 15 is 0 Å². The van der Waals surface area contributed by atoms with Crippen molar-refractivity contribution in [3.05, 3.63) is 95.6 Å². The third kappa shape index (κ3) is 3.49. The van der Waals surface area contributed by atoms with Crippen molar-refractivity contribution in [3.8, 4) is 11.1 Å². The Morgan fingerprint density at radius 1 is 0.969 bits per heavy atom. The average Bonchev–Trinajstić information content (AvgIpc) is 2.81. The summed E-state index contributed by atoms with van der Waals surface area (Å²) in [4.78, 5) is 29.2. The highest BCUT2D eigenvalue weighted by atomic mass is 16.3. The molecule has 3 atom stereocenters. The van der Waals surface area contributed by atoms with Gasteiger partial charge in [-0.25, -0.2) is 0 Å². The van der Waals surface area contributed by atoms with Gasteiger partial charge in [-0.2, -0.15) is 0 Å². The highest BCUT2D eigenvalue weighted by molar-refractivity contribution is 5.97. The average molecular weight is 427 g/mol. The molecule has 3 aromatic rings. The number of aliphatic hydroxyl groups is 1. The van der Waals surface area contributed by atoms with Crippen molar-refractivity contribution < 1.29 is 14.7 Å². The Kier molecular flexibility index (Phi) is 5.27. The second-order valence-corrected chi connectivity index (χ2v) is 8.69. The predicted octanol–water partition coefficient (Wildman–Crippen LogP) is 3.47. The van der Waals surface area contributed by atoms with Crippen molar-refractivity contribution in [2.24, 2.45) is 0 Å². The van der Waals surface area contributed by atoms with Crippen LogP contribution in [0.2, 0.25) is 0 Å². The van der Waals surface area contributed by atoms with Crippen molar-refractivity contribution in [2.45, 2.75) is 24.9 Å². The molecule has 162 valence electrons. The smallest absolute Gasteiger partial charge is 0.254 e. The maximum Gasteiger partial charge on any atom is 0.254 e. The van der Waals surface area contributed by atoms with Gasteiger partial charge in [0.2, 0.25) is 5.91 Å². The van der Waals surface area contributed by atoms with Crippen LogP contribution in [0.25, 0.3) is 11.1 Å². The molecule has 5 nitrogen and oxygen atoms in total. The molecule has 32 heavy (non-hydrogen) atoms. The summed E-state index contributed by atoms with van der Waals surface area (Å²) in [7, 11) is 0. The minimum atomic E-state index is -0.244. The van der Waals surface area contributed by atoms with E-state index in [4.69, 9.17) is 0 Å². The van der Waals surface area contributed by atoms with Crippen molar-refractivity contribution in [2.75, 3.05) is 19.7 Å². The van der Waals surface area contributed by atoms with Crippen LogP contribution in [0.3, 0.4) is 0 Å². The summed E-state index contributed by atoms with van der Waals surface area (Å²) < 4.78 is 0. The quantitative estimate of drug-likeness (QED) is 0.695. The number of hydrogen-bond donors (Lipinski definition) is 1. The van der Waals surface area contributed by atoms with Crippen LogP contribution < -0.4 is 0 Å². The minimum absolute atomic E-state index is 0.00174. The fourth-order valence-corrected chi connectivity index (χ4v) is 5.14. The maximum absolute atomic E-state index is 13.0. The lowest BCUT2D eigenvalue weighted by Gasteiger charge is -2.58. The fourth-order valence-electron chi connectivity index (χ4n) is 5.14. The van der Waals surface area contributed by atoms with Gasteiger partial charge >= 0.3 is 0 Å². The molecule has 0 saturated carbocycles. The molecule has 2 heterocycles. The van der Waals surface area contributed by atoms with E-state index in [1.807, 2.05) is 18.2 Å². The summed E-state index contributed by atoms with van der Waals surface area (Å²) in [5, 5.41) is 10.0. The molecule has 2 amide bonds. The summed E-state index contributed by atoms with van der Waals surface area (Å²) >= 11 is 0. The van der Waals surface area contributed by atoms with E-state index in [-0.39, 0.29) is 43.0 Å². The van der Waals surface area contributed by atoms with Crippen LogP contribution in [0, 0.1) is 6.92 Å². The van der Waals surface area contributed by atoms with Crippen LogP contribution in [-0.4, -0.2) is 58.5 Å². The van der Waals surface area contributed by atoms with Gasteiger partial charge in [-0.05, 0) is 35.7 Å². The van der Waals surface area contributed by atoms with Gasteiger partial charge in [-0.15, -0.1) is 0 Å². The molecule has 5 rings (SSSR count). The number of carbonyl (C=O) groups excluding carboxylic acids is 2. The first-order chi connectivity index (χ1) is 15.6. The maximum atomic E-state index is 13.0. The summed E-state index contributed by atoms with van der Waals surface area (Å²) in [6, 6.07) is 25.5. The van der Waals surface area contributed by atoms with Gasteiger partial charge in [-0.3, -0.25) is 9.59 Å². The van der Waals surface area contributed by atoms with Gasteiger partial charge in [0.15, 0.2) is 0 Å². The van der Waals surface area contributed by atoms with Crippen molar-refractivity contribution in [1.82, 2.24) is 9.80 Å². The number of rotatable bonds is 4. The molecular formula is C27H26N2O3. The second-order valence-electron chi connectivity index (χ2n) is 8.69. The second kappa shape index (κ2) is 8.24. The number of amides is 2. The molecule has 0 unspecified atom stereocenters. The molecule has 0 aliphatic carbocycles. The molecule has 0 spiro atoms. The number of carbonyl (C=O) groups is 2. The highest BCUT2D eigenvalue weighted by Gasteiger charge is 2.54. The number of fused-ring (bicyclic) bond motifs is 1. The Balaban J connectivity index is 1.39. The molecule has 5 heteroatoms. The van der Waals surface area contributed by atoms with E-state index in [0.29, 0.717) is 12.1 Å². The third-order valence-electron chi connectivity index (χ3n) is 6.71. The Hall–Kier alpha value is -3.44. The Bertz CT molecular complexity index is 1140. The van der Waals surface area contributed by atoms with E-state index in [1.165, 1.54) is 5.56 Å². The van der Waals surface area contributed by atoms with E-state index in [0.717, 1.165) is 16.7 Å². The standard InChI is InChI=1S/C27H26N2O3/c1-18-6-5-9-22(14-18)19-10-12-20(13-11-19)26-23-15-28(16-25(31)29(23)24(26)17-30)27(32)21-7-3-2-4-8-21/h2-14,23-24,26,30H,15-17H2,1H3/t23-,24-,26+/m1/s1. The van der Waals surface area contributed by atoms with Crippen LogP contribution in [-0.2, 0) is 4.79 Å². The monoisotopic (exact) mass is 426 g/mol. The molecule has 0 bridgehead atoms. The van der Waals surface area contributed by atoms with Crippen molar-refractivity contribution in [1.29, 1.82) is 0 Å². The van der Waals surface area contributed by atoms with E-state index in [2.05, 4.69) is 55.5 Å². The number of benzene rings is 3. The molecule has 0 aromatic heterocycles. The van der Waals surface area contributed by atoms with E-state index in [9.17, 15) is 14.7 Å². The van der Waals surface area contributed by atoms with Crippen LogP contribution >= 0.6 is 0 Å². The molecule has 0 radical (unpaired) electrons. The molecule has 1 N–H and O–H groups in total. The largest absolute Gasteiger partial charge is 0.394 e. The first-order valence-electron chi connectivity index (χ1n) is 11.0. The molecule has 2 fully saturated rings. The van der Waals surface area contributed by atoms with Crippen LogP contribution in [0.4, 0.5) is 0 Å². The lowest BCUT2D eigenvalue weighted by atomic mass is 9.73. The van der Waals surface area contributed by atoms with Gasteiger partial charge in [0.25, 0.3) is 5.91 Å². The predicted molar refractivity (Wildman–Crippen MR) is 123 cm³/mol. The first kappa shape index (κ1) is 20.5. The number of aryl methyl sites for hydroxylation is 1. The molecule has 2 saturated heterocycles. The van der Waals surface area contributed by atoms with Crippen molar-refractivity contribution >= 4 is 11.8 Å². The van der Waals surface area contributed by atoms with Gasteiger partial charge < -0.3 is 14.9 Å². The molecule has 2 aliphatic rings. The number of hydrogen-bond acceptors (Lipinski definition) is 3. The number of aliphatic hydroxyl groups excluding tert-OH is 1. The van der Waals surface area contributed by atoms with Crippen LogP contribution in [0.5, 0.6) is 0 Å². The molecule has 2 aliphatic heterocycles. The lowest BCUT2D eigenvalue weighted by Crippen LogP contribution is -2.73. The summed E-state index contributed by atoms with van der Waals surface area (Å²) in [6.07, 6.45) is 0. The lowest BCUT2D eigenvalue weighted by molar-refractivity contribution is -0.159. The van der Waals surface area contributed by atoms with Gasteiger partial charge in [0.05, 0.1) is 18.7 Å². The Labute approximate surface area is 187 Å². The third-order valence-corrected chi connectivity index (χ3v) is 6.71. The first-order valence-corrected chi connectivity index (χ1v) is 11.0. The van der Waals surface area contributed by atoms with Crippen molar-refractivity contribution in [3.63, 3.8) is 0 Å². The summed E-state index contributed by atoms with van der Waals surface area (Å²) in [5.41, 5.74) is 5.19. The van der Waals surface area contributed by atoms with Gasteiger partial charge in [0, 0.05) is 18.0 Å². The SMILES string of the molecule is Cc1cccc(-c2ccc([C@@H]3[C@@H](CO)N4C(=O)CN(C(=O)c5ccccc5)C[C@H]34)cc2)c1. The zero-order valence-electron chi connectivity index (χ0n) is 18.0. The normalized spacial score (nSPS) is 22.3. The number of piperazine rings is 1. The van der Waals surface area contributed by atoms with Crippen LogP contribution in [0.15, 0.2) is 78.9 Å². The van der Waals surface area contributed by atoms with Crippen LogP contribution in [0.1, 0.15) is 27.4 Å². The Morgan fingerprint density at radius 2 is 1.72 bits per heavy atom. The summed E-state index contributed by atoms with van der Waals surface area (Å²) in [6.45, 7) is 2.52. The van der Waals surface area contributed by atoms with E-state index < -0.39 is 0 Å². The molecule has 3 aromatic carbocycles. The Morgan fingerprint density at radius 3 is 2.41 bits per heavy atom. The highest BCUT2D eigenvalue weighted by Crippen LogP contribution is 2.43. The van der Waals surface area contributed by atoms with Gasteiger partial charge in [-0.1, -0.05) is 72.3 Å². The van der Waals surface area contributed by atoms with E-state index in [1.54, 1.807) is 21.9 Å². The van der Waals surface area contributed by atoms with Gasteiger partial charge in [0.1, 0.15) is 6.54 Å².